The van der Waals surface area contributed by atoms with Crippen LogP contribution in [0.15, 0.2) is 217 Å². The first-order valence-electron chi connectivity index (χ1n) is 20.0. The lowest BCUT2D eigenvalue weighted by atomic mass is 9.99. The highest BCUT2D eigenvalue weighted by molar-refractivity contribution is 6.19. The van der Waals surface area contributed by atoms with Gasteiger partial charge < -0.3 is 13.9 Å². The monoisotopic (exact) mass is 753 g/mol. The largest absolute Gasteiger partial charge is 0.435 e. The highest BCUT2D eigenvalue weighted by atomic mass is 16.3. The number of para-hydroxylation sites is 3. The van der Waals surface area contributed by atoms with Crippen molar-refractivity contribution in [3.8, 4) is 28.3 Å². The van der Waals surface area contributed by atoms with Crippen molar-refractivity contribution in [1.82, 2.24) is 9.55 Å². The van der Waals surface area contributed by atoms with E-state index in [9.17, 15) is 0 Å². The third kappa shape index (κ3) is 5.34. The first-order valence-corrected chi connectivity index (χ1v) is 20.0. The van der Waals surface area contributed by atoms with E-state index in [1.54, 1.807) is 0 Å². The van der Waals surface area contributed by atoms with Gasteiger partial charge in [0.25, 0.3) is 0 Å². The van der Waals surface area contributed by atoms with Crippen molar-refractivity contribution in [1.29, 1.82) is 0 Å². The van der Waals surface area contributed by atoms with Crippen LogP contribution < -0.4 is 4.90 Å². The molecule has 0 radical (unpaired) electrons. The summed E-state index contributed by atoms with van der Waals surface area (Å²) in [5, 5.41) is 9.74. The lowest BCUT2D eigenvalue weighted by molar-refractivity contribution is 0.621. The normalized spacial score (nSPS) is 11.7. The van der Waals surface area contributed by atoms with Gasteiger partial charge in [0, 0.05) is 49.9 Å². The van der Waals surface area contributed by atoms with Crippen LogP contribution in [0, 0.1) is 0 Å². The molecule has 0 unspecified atom stereocenters. The molecule has 4 nitrogen and oxygen atoms in total. The van der Waals surface area contributed by atoms with E-state index in [-0.39, 0.29) is 0 Å². The highest BCUT2D eigenvalue weighted by Crippen LogP contribution is 2.46. The van der Waals surface area contributed by atoms with Crippen LogP contribution in [0.25, 0.3) is 93.5 Å². The molecule has 2 aromatic heterocycles. The van der Waals surface area contributed by atoms with Crippen molar-refractivity contribution in [2.45, 2.75) is 0 Å². The fourth-order valence-electron chi connectivity index (χ4n) is 9.08. The Balaban J connectivity index is 1.12. The fraction of sp³-hybridized carbons (Fsp3) is 0. The number of benzene rings is 10. The molecule has 0 aliphatic carbocycles. The van der Waals surface area contributed by atoms with Crippen LogP contribution in [0.2, 0.25) is 0 Å². The van der Waals surface area contributed by atoms with Gasteiger partial charge in [-0.2, -0.15) is 0 Å². The van der Waals surface area contributed by atoms with E-state index in [0.717, 1.165) is 56.1 Å². The molecular weight excluding hydrogens is 719 g/mol. The molecular formula is C55H35N3O. The van der Waals surface area contributed by atoms with E-state index >= 15 is 0 Å². The number of aromatic nitrogens is 2. The number of oxazole rings is 1. The lowest BCUT2D eigenvalue weighted by Gasteiger charge is -2.28. The van der Waals surface area contributed by atoms with Gasteiger partial charge in [-0.3, -0.25) is 0 Å². The van der Waals surface area contributed by atoms with Crippen LogP contribution in [-0.4, -0.2) is 9.55 Å². The number of hydrogen-bond donors (Lipinski definition) is 0. The van der Waals surface area contributed by atoms with Gasteiger partial charge in [-0.05, 0) is 93.7 Å². The third-order valence-corrected chi connectivity index (χ3v) is 11.8. The van der Waals surface area contributed by atoms with E-state index in [1.807, 2.05) is 36.4 Å². The van der Waals surface area contributed by atoms with Gasteiger partial charge in [0.2, 0.25) is 5.89 Å². The number of nitrogens with zero attached hydrogens (tertiary/aromatic N) is 3. The van der Waals surface area contributed by atoms with Crippen LogP contribution in [0.5, 0.6) is 0 Å². The summed E-state index contributed by atoms with van der Waals surface area (Å²) >= 11 is 0. The Morgan fingerprint density at radius 2 is 1.05 bits per heavy atom. The molecule has 0 N–H and O–H groups in total. The lowest BCUT2D eigenvalue weighted by Crippen LogP contribution is -2.11. The minimum atomic E-state index is 0.608. The maximum absolute atomic E-state index is 6.64. The van der Waals surface area contributed by atoms with Crippen molar-refractivity contribution < 1.29 is 4.42 Å². The van der Waals surface area contributed by atoms with Crippen molar-refractivity contribution in [2.24, 2.45) is 0 Å². The van der Waals surface area contributed by atoms with Gasteiger partial charge >= 0.3 is 0 Å². The summed E-state index contributed by atoms with van der Waals surface area (Å²) in [6.07, 6.45) is 0. The maximum Gasteiger partial charge on any atom is 0.227 e. The molecule has 2 heterocycles. The second-order valence-electron chi connectivity index (χ2n) is 15.1. The summed E-state index contributed by atoms with van der Waals surface area (Å²) in [5.74, 6) is 0.608. The van der Waals surface area contributed by atoms with Crippen molar-refractivity contribution >= 4 is 82.3 Å². The van der Waals surface area contributed by atoms with Crippen LogP contribution >= 0.6 is 0 Å². The first-order chi connectivity index (χ1) is 29.3. The Bertz CT molecular complexity index is 3570. The van der Waals surface area contributed by atoms with Crippen LogP contribution in [-0.2, 0) is 0 Å². The second-order valence-corrected chi connectivity index (χ2v) is 15.1. The Hall–Kier alpha value is -7.95. The number of rotatable bonds is 6. The molecule has 59 heavy (non-hydrogen) atoms. The molecule has 12 rings (SSSR count). The van der Waals surface area contributed by atoms with E-state index in [1.165, 1.54) is 48.6 Å². The highest BCUT2D eigenvalue weighted by Gasteiger charge is 2.23. The first kappa shape index (κ1) is 33.2. The Morgan fingerprint density at radius 1 is 0.424 bits per heavy atom. The number of hydrogen-bond acceptors (Lipinski definition) is 3. The van der Waals surface area contributed by atoms with Crippen molar-refractivity contribution in [3.05, 3.63) is 212 Å². The zero-order valence-corrected chi connectivity index (χ0v) is 32.0. The molecule has 0 bridgehead atoms. The van der Waals surface area contributed by atoms with Crippen LogP contribution in [0.1, 0.15) is 0 Å². The minimum Gasteiger partial charge on any atom is -0.435 e. The summed E-state index contributed by atoms with van der Waals surface area (Å²) in [6, 6.07) is 75.9. The average molecular weight is 754 g/mol. The van der Waals surface area contributed by atoms with Crippen LogP contribution in [0.4, 0.5) is 17.1 Å². The number of fused-ring (bicyclic) bond motifs is 9. The molecule has 0 amide bonds. The maximum atomic E-state index is 6.64. The Kier molecular flexibility index (Phi) is 7.50. The average Bonchev–Trinajstić information content (AvgIpc) is 3.90. The molecule has 0 saturated carbocycles. The van der Waals surface area contributed by atoms with Crippen molar-refractivity contribution in [2.75, 3.05) is 4.90 Å². The SMILES string of the molecule is c1ccc(-c2nc3cccc(-c4ccccc4N(c4ccc5c(ccc6ccccc65)c4)c4ccc5c(c4)c4ccc6ccccc6c4n5-c4ccccc4)c3o2)cc1. The summed E-state index contributed by atoms with van der Waals surface area (Å²) in [4.78, 5) is 7.35. The fourth-order valence-corrected chi connectivity index (χ4v) is 9.08. The molecule has 0 aliphatic heterocycles. The van der Waals surface area contributed by atoms with Gasteiger partial charge in [-0.1, -0.05) is 146 Å². The molecule has 276 valence electrons. The van der Waals surface area contributed by atoms with Gasteiger partial charge in [0.1, 0.15) is 5.52 Å². The van der Waals surface area contributed by atoms with E-state index in [2.05, 4.69) is 185 Å². The Morgan fingerprint density at radius 3 is 1.92 bits per heavy atom. The smallest absolute Gasteiger partial charge is 0.227 e. The number of anilines is 3. The zero-order chi connectivity index (χ0) is 38.9. The molecule has 0 fully saturated rings. The molecule has 4 heteroatoms. The summed E-state index contributed by atoms with van der Waals surface area (Å²) in [7, 11) is 0. The van der Waals surface area contributed by atoms with E-state index in [4.69, 9.17) is 9.40 Å². The molecule has 10 aromatic carbocycles. The predicted molar refractivity (Wildman–Crippen MR) is 246 cm³/mol. The van der Waals surface area contributed by atoms with E-state index in [0.29, 0.717) is 5.89 Å². The van der Waals surface area contributed by atoms with Crippen molar-refractivity contribution in [3.63, 3.8) is 0 Å². The standard InChI is InChI=1S/C55H35N3O/c1-3-16-38(17-4-1)55-56-50-24-13-23-48(54(50)59-55)46-22-11-12-25-51(46)57(41-29-32-44-39(34-41)27-26-36-14-7-9-20-43(36)44)42-30-33-52-49(35-42)47-31-28-37-15-8-10-21-45(37)53(47)58(52)40-18-5-2-6-19-40/h1-35H. The summed E-state index contributed by atoms with van der Waals surface area (Å²) in [5.41, 5.74) is 11.2. The minimum absolute atomic E-state index is 0.608. The Labute approximate surface area is 340 Å². The van der Waals surface area contributed by atoms with Gasteiger partial charge in [0.15, 0.2) is 5.58 Å². The van der Waals surface area contributed by atoms with Crippen LogP contribution in [0.3, 0.4) is 0 Å². The molecule has 0 saturated heterocycles. The second kappa shape index (κ2) is 13.3. The zero-order valence-electron chi connectivity index (χ0n) is 32.0. The van der Waals surface area contributed by atoms with Gasteiger partial charge in [-0.15, -0.1) is 0 Å². The molecule has 0 aliphatic rings. The molecule has 12 aromatic rings. The predicted octanol–water partition coefficient (Wildman–Crippen LogP) is 15.2. The molecule has 0 atom stereocenters. The van der Waals surface area contributed by atoms with Gasteiger partial charge in [-0.25, -0.2) is 4.98 Å². The summed E-state index contributed by atoms with van der Waals surface area (Å²) in [6.45, 7) is 0. The topological polar surface area (TPSA) is 34.2 Å². The summed E-state index contributed by atoms with van der Waals surface area (Å²) < 4.78 is 9.06. The quantitative estimate of drug-likeness (QED) is 0.159. The third-order valence-electron chi connectivity index (χ3n) is 11.8. The van der Waals surface area contributed by atoms with E-state index < -0.39 is 0 Å². The van der Waals surface area contributed by atoms with Gasteiger partial charge in [0.05, 0.1) is 16.7 Å². The molecule has 0 spiro atoms.